The van der Waals surface area contributed by atoms with Gasteiger partial charge in [-0.1, -0.05) is 59.1 Å². The fourth-order valence-electron chi connectivity index (χ4n) is 2.95. The van der Waals surface area contributed by atoms with Gasteiger partial charge in [0.2, 0.25) is 0 Å². The molecule has 35 heavy (non-hydrogen) atoms. The van der Waals surface area contributed by atoms with E-state index in [1.54, 1.807) is 17.5 Å². The van der Waals surface area contributed by atoms with Gasteiger partial charge < -0.3 is 10.1 Å². The first kappa shape index (κ1) is 25.3. The Bertz CT molecular complexity index is 1480. The predicted molar refractivity (Wildman–Crippen MR) is 140 cm³/mol. The average Bonchev–Trinajstić information content (AvgIpc) is 3.25. The van der Waals surface area contributed by atoms with Gasteiger partial charge in [0.25, 0.3) is 10.0 Å². The number of aromatic nitrogens is 1. The summed E-state index contributed by atoms with van der Waals surface area (Å²) in [5.41, 5.74) is 1.47. The Morgan fingerprint density at radius 3 is 2.43 bits per heavy atom. The van der Waals surface area contributed by atoms with Gasteiger partial charge in [-0.2, -0.15) is 0 Å². The quantitative estimate of drug-likeness (QED) is 0.222. The zero-order chi connectivity index (χ0) is 25.0. The van der Waals surface area contributed by atoms with Crippen LogP contribution in [0.3, 0.4) is 0 Å². The lowest BCUT2D eigenvalue weighted by molar-refractivity contribution is 0.0468. The van der Waals surface area contributed by atoms with Crippen molar-refractivity contribution in [2.45, 2.75) is 11.5 Å². The molecular weight excluding hydrogens is 553 g/mol. The van der Waals surface area contributed by atoms with Crippen LogP contribution in [-0.4, -0.2) is 19.4 Å². The zero-order valence-electron chi connectivity index (χ0n) is 17.7. The third kappa shape index (κ3) is 6.45. The molecule has 180 valence electrons. The molecular formula is C23H16Cl3N3O4S2. The number of hydrogen-bond acceptors (Lipinski definition) is 7. The predicted octanol–water partition coefficient (Wildman–Crippen LogP) is 7.00. The highest BCUT2D eigenvalue weighted by Gasteiger charge is 2.24. The van der Waals surface area contributed by atoms with Crippen molar-refractivity contribution in [3.63, 3.8) is 0 Å². The van der Waals surface area contributed by atoms with Crippen molar-refractivity contribution < 1.29 is 17.9 Å². The Balaban J connectivity index is 1.48. The first-order chi connectivity index (χ1) is 16.7. The molecule has 0 aliphatic carbocycles. The maximum atomic E-state index is 12.9. The highest BCUT2D eigenvalue weighted by atomic mass is 35.5. The summed E-state index contributed by atoms with van der Waals surface area (Å²) < 4.78 is 33.5. The molecule has 7 nitrogen and oxygen atoms in total. The molecule has 4 aromatic rings. The van der Waals surface area contributed by atoms with E-state index in [0.29, 0.717) is 15.8 Å². The smallest absolute Gasteiger partial charge is 0.340 e. The van der Waals surface area contributed by atoms with E-state index < -0.39 is 16.0 Å². The number of nitrogens with zero attached hydrogens (tertiary/aromatic N) is 1. The van der Waals surface area contributed by atoms with Crippen molar-refractivity contribution >= 4 is 78.6 Å². The van der Waals surface area contributed by atoms with Crippen LogP contribution < -0.4 is 10.0 Å². The fraction of sp³-hybridized carbons (Fsp3) is 0.0435. The minimum absolute atomic E-state index is 0.0496. The number of esters is 1. The minimum Gasteiger partial charge on any atom is -0.456 e. The number of carbonyl (C=O) groups excluding carboxylic acids is 1. The van der Waals surface area contributed by atoms with Gasteiger partial charge in [0, 0.05) is 16.1 Å². The first-order valence-electron chi connectivity index (χ1n) is 9.92. The van der Waals surface area contributed by atoms with Gasteiger partial charge in [0.1, 0.15) is 11.5 Å². The molecule has 12 heteroatoms. The van der Waals surface area contributed by atoms with Gasteiger partial charge in [-0.05, 0) is 42.5 Å². The Morgan fingerprint density at radius 2 is 1.69 bits per heavy atom. The highest BCUT2D eigenvalue weighted by molar-refractivity contribution is 7.92. The van der Waals surface area contributed by atoms with Crippen LogP contribution in [0.1, 0.15) is 16.1 Å². The van der Waals surface area contributed by atoms with E-state index in [1.165, 1.54) is 29.5 Å². The van der Waals surface area contributed by atoms with Crippen LogP contribution in [0.25, 0.3) is 0 Å². The Morgan fingerprint density at radius 1 is 0.943 bits per heavy atom. The lowest BCUT2D eigenvalue weighted by Gasteiger charge is -2.12. The van der Waals surface area contributed by atoms with Gasteiger partial charge in [-0.25, -0.2) is 18.2 Å². The number of benzene rings is 3. The number of nitrogens with one attached hydrogen (secondary N) is 2. The number of rotatable bonds is 8. The summed E-state index contributed by atoms with van der Waals surface area (Å²) in [5, 5.41) is 5.67. The van der Waals surface area contributed by atoms with E-state index in [0.717, 1.165) is 11.8 Å². The van der Waals surface area contributed by atoms with E-state index in [-0.39, 0.29) is 32.8 Å². The molecule has 2 N–H and O–H groups in total. The zero-order valence-corrected chi connectivity index (χ0v) is 21.6. The van der Waals surface area contributed by atoms with Crippen LogP contribution in [0, 0.1) is 0 Å². The van der Waals surface area contributed by atoms with Crippen molar-refractivity contribution in [3.8, 4) is 0 Å². The van der Waals surface area contributed by atoms with E-state index >= 15 is 0 Å². The maximum Gasteiger partial charge on any atom is 0.340 e. The average molecular weight is 569 g/mol. The topological polar surface area (TPSA) is 97.4 Å². The molecule has 0 radical (unpaired) electrons. The second kappa shape index (κ2) is 10.8. The number of ether oxygens (including phenoxy) is 1. The third-order valence-corrected chi connectivity index (χ3v) is 7.74. The van der Waals surface area contributed by atoms with Gasteiger partial charge in [0.15, 0.2) is 5.13 Å². The second-order valence-electron chi connectivity index (χ2n) is 7.09. The molecule has 0 saturated carbocycles. The summed E-state index contributed by atoms with van der Waals surface area (Å²) in [7, 11) is -4.15. The lowest BCUT2D eigenvalue weighted by Crippen LogP contribution is -2.15. The molecule has 0 spiro atoms. The Labute approximate surface area is 220 Å². The summed E-state index contributed by atoms with van der Waals surface area (Å²) in [5.74, 6) is -0.823. The van der Waals surface area contributed by atoms with Crippen LogP contribution >= 0.6 is 46.1 Å². The lowest BCUT2D eigenvalue weighted by atomic mass is 10.2. The molecule has 0 atom stereocenters. The monoisotopic (exact) mass is 567 g/mol. The van der Waals surface area contributed by atoms with Gasteiger partial charge in [-0.15, -0.1) is 11.3 Å². The Hall–Kier alpha value is -2.82. The summed E-state index contributed by atoms with van der Waals surface area (Å²) in [6.07, 6.45) is 0. The molecule has 0 fully saturated rings. The minimum atomic E-state index is -4.15. The van der Waals surface area contributed by atoms with Crippen molar-refractivity contribution in [1.82, 2.24) is 4.98 Å². The van der Waals surface area contributed by atoms with Crippen LogP contribution in [0.5, 0.6) is 0 Å². The summed E-state index contributed by atoms with van der Waals surface area (Å²) >= 11 is 19.6. The SMILES string of the molecule is O=C(OCc1csc(Nc2ccccc2)n1)c1cc(S(=O)(=O)Nc2cccc(Cl)c2)c(Cl)cc1Cl. The van der Waals surface area contributed by atoms with E-state index in [1.807, 2.05) is 30.3 Å². The maximum absolute atomic E-state index is 12.9. The van der Waals surface area contributed by atoms with Crippen LogP contribution in [0.2, 0.25) is 15.1 Å². The summed E-state index contributed by atoms with van der Waals surface area (Å²) in [4.78, 5) is 16.8. The standard InChI is InChI=1S/C23H16Cl3N3O4S2/c24-14-5-4-8-16(9-14)29-35(31,32)21-10-18(19(25)11-20(21)26)22(30)33-12-17-13-34-23(28-17)27-15-6-2-1-3-7-15/h1-11,13,29H,12H2,(H,27,28). The van der Waals surface area contributed by atoms with Crippen molar-refractivity contribution in [2.75, 3.05) is 10.0 Å². The number of para-hydroxylation sites is 1. The van der Waals surface area contributed by atoms with Gasteiger partial charge in [-0.3, -0.25) is 4.72 Å². The number of halogens is 3. The summed E-state index contributed by atoms with van der Waals surface area (Å²) in [6, 6.07) is 17.9. The number of sulfonamides is 1. The molecule has 4 rings (SSSR count). The van der Waals surface area contributed by atoms with Crippen LogP contribution in [0.15, 0.2) is 77.0 Å². The molecule has 0 unspecified atom stereocenters. The third-order valence-electron chi connectivity index (χ3n) is 4.54. The largest absolute Gasteiger partial charge is 0.456 e. The van der Waals surface area contributed by atoms with Crippen molar-refractivity contribution in [3.05, 3.63) is 98.4 Å². The van der Waals surface area contributed by atoms with Gasteiger partial charge >= 0.3 is 5.97 Å². The first-order valence-corrected chi connectivity index (χ1v) is 13.4. The normalized spacial score (nSPS) is 11.2. The van der Waals surface area contributed by atoms with E-state index in [2.05, 4.69) is 15.0 Å². The van der Waals surface area contributed by atoms with Crippen LogP contribution in [0.4, 0.5) is 16.5 Å². The van der Waals surface area contributed by atoms with E-state index in [4.69, 9.17) is 39.5 Å². The van der Waals surface area contributed by atoms with E-state index in [9.17, 15) is 13.2 Å². The molecule has 0 aliphatic rings. The van der Waals surface area contributed by atoms with Crippen LogP contribution in [-0.2, 0) is 21.4 Å². The molecule has 3 aromatic carbocycles. The molecule has 1 aromatic heterocycles. The molecule has 1 heterocycles. The van der Waals surface area contributed by atoms with Gasteiger partial charge in [0.05, 0.1) is 27.0 Å². The number of carbonyl (C=O) groups is 1. The molecule has 0 bridgehead atoms. The molecule has 0 aliphatic heterocycles. The van der Waals surface area contributed by atoms with Crippen molar-refractivity contribution in [1.29, 1.82) is 0 Å². The number of thiazole rings is 1. The summed E-state index contributed by atoms with van der Waals surface area (Å²) in [6.45, 7) is -0.131. The van der Waals surface area contributed by atoms with Crippen molar-refractivity contribution in [2.24, 2.45) is 0 Å². The number of anilines is 3. The Kier molecular flexibility index (Phi) is 7.83. The fourth-order valence-corrected chi connectivity index (χ4v) is 5.75. The highest BCUT2D eigenvalue weighted by Crippen LogP contribution is 2.31. The molecule has 0 amide bonds. The molecule has 0 saturated heterocycles. The number of hydrogen-bond donors (Lipinski definition) is 2. The second-order valence-corrected chi connectivity index (χ2v) is 10.8.